The van der Waals surface area contributed by atoms with Crippen LogP contribution in [0.4, 0.5) is 10.1 Å². The van der Waals surface area contributed by atoms with Crippen molar-refractivity contribution in [3.8, 4) is 5.75 Å². The van der Waals surface area contributed by atoms with Crippen LogP contribution in [0.2, 0.25) is 0 Å². The summed E-state index contributed by atoms with van der Waals surface area (Å²) in [6.45, 7) is 4.13. The highest BCUT2D eigenvalue weighted by Crippen LogP contribution is 2.21. The number of carbonyl (C=O) groups is 2. The molecule has 10 heteroatoms. The van der Waals surface area contributed by atoms with E-state index in [9.17, 15) is 14.0 Å². The molecule has 0 aliphatic carbocycles. The predicted octanol–water partition coefficient (Wildman–Crippen LogP) is 3.70. The van der Waals surface area contributed by atoms with Gasteiger partial charge in [0.2, 0.25) is 5.91 Å². The number of esters is 1. The van der Waals surface area contributed by atoms with Crippen molar-refractivity contribution in [1.82, 2.24) is 14.8 Å². The van der Waals surface area contributed by atoms with Gasteiger partial charge in [-0.25, -0.2) is 9.18 Å². The van der Waals surface area contributed by atoms with Gasteiger partial charge in [-0.05, 0) is 30.3 Å². The maximum atomic E-state index is 13.8. The number of nitrogens with zero attached hydrogens (tertiary/aromatic N) is 3. The molecule has 8 nitrogen and oxygen atoms in total. The molecule has 0 aliphatic heterocycles. The van der Waals surface area contributed by atoms with E-state index in [1.807, 2.05) is 0 Å². The molecule has 0 unspecified atom stereocenters. The number of halogens is 1. The molecule has 1 heterocycles. The van der Waals surface area contributed by atoms with Crippen molar-refractivity contribution in [2.45, 2.75) is 18.3 Å². The van der Waals surface area contributed by atoms with Crippen LogP contribution in [-0.2, 0) is 22.7 Å². The maximum absolute atomic E-state index is 13.8. The number of hydrogen-bond acceptors (Lipinski definition) is 7. The Kier molecular flexibility index (Phi) is 7.98. The van der Waals surface area contributed by atoms with Crippen molar-refractivity contribution in [1.29, 1.82) is 0 Å². The van der Waals surface area contributed by atoms with Crippen LogP contribution in [0.15, 0.2) is 66.3 Å². The number of aromatic nitrogens is 3. The predicted molar refractivity (Wildman–Crippen MR) is 118 cm³/mol. The number of thioether (sulfide) groups is 1. The number of amides is 1. The summed E-state index contributed by atoms with van der Waals surface area (Å²) in [4.78, 5) is 24.0. The first-order valence-corrected chi connectivity index (χ1v) is 10.5. The highest BCUT2D eigenvalue weighted by molar-refractivity contribution is 7.99. The van der Waals surface area contributed by atoms with E-state index >= 15 is 0 Å². The fourth-order valence-corrected chi connectivity index (χ4v) is 3.48. The molecule has 1 aromatic heterocycles. The average Bonchev–Trinajstić information content (AvgIpc) is 3.18. The Morgan fingerprint density at radius 3 is 2.78 bits per heavy atom. The molecule has 0 fully saturated rings. The Bertz CT molecular complexity index is 1120. The molecule has 1 amide bonds. The topological polar surface area (TPSA) is 95.3 Å². The van der Waals surface area contributed by atoms with Gasteiger partial charge in [-0.2, -0.15) is 0 Å². The average molecular weight is 456 g/mol. The van der Waals surface area contributed by atoms with Crippen LogP contribution >= 0.6 is 11.8 Å². The summed E-state index contributed by atoms with van der Waals surface area (Å²) in [6.07, 6.45) is 1.67. The van der Waals surface area contributed by atoms with Crippen molar-refractivity contribution in [3.63, 3.8) is 0 Å². The first-order chi connectivity index (χ1) is 15.5. The van der Waals surface area contributed by atoms with Gasteiger partial charge >= 0.3 is 5.97 Å². The summed E-state index contributed by atoms with van der Waals surface area (Å²) in [5.41, 5.74) is 0.813. The van der Waals surface area contributed by atoms with Gasteiger partial charge < -0.3 is 14.8 Å². The van der Waals surface area contributed by atoms with Gasteiger partial charge in [0.05, 0.1) is 18.4 Å². The fourth-order valence-electron chi connectivity index (χ4n) is 2.72. The molecule has 0 saturated carbocycles. The van der Waals surface area contributed by atoms with Gasteiger partial charge in [-0.15, -0.1) is 16.8 Å². The highest BCUT2D eigenvalue weighted by Gasteiger charge is 2.15. The minimum Gasteiger partial charge on any atom is -0.483 e. The summed E-state index contributed by atoms with van der Waals surface area (Å²) in [5.74, 6) is -0.589. The number of rotatable bonds is 10. The normalized spacial score (nSPS) is 10.4. The number of anilines is 1. The number of nitrogens with one attached hydrogen (secondary N) is 1. The van der Waals surface area contributed by atoms with E-state index < -0.39 is 11.8 Å². The second-order valence-electron chi connectivity index (χ2n) is 6.43. The van der Waals surface area contributed by atoms with E-state index in [-0.39, 0.29) is 24.0 Å². The lowest BCUT2D eigenvalue weighted by atomic mass is 10.2. The van der Waals surface area contributed by atoms with Crippen LogP contribution < -0.4 is 10.1 Å². The SMILES string of the molecule is C=CCn1c(COc2ccccc2F)nnc1SCC(=O)Nc1cccc(C(=O)OC)c1. The van der Waals surface area contributed by atoms with Gasteiger partial charge in [0, 0.05) is 12.2 Å². The van der Waals surface area contributed by atoms with Crippen LogP contribution in [0, 0.1) is 5.82 Å². The van der Waals surface area contributed by atoms with Crippen molar-refractivity contribution in [3.05, 3.63) is 78.4 Å². The number of benzene rings is 2. The lowest BCUT2D eigenvalue weighted by Gasteiger charge is -2.10. The van der Waals surface area contributed by atoms with Crippen molar-refractivity contribution in [2.24, 2.45) is 0 Å². The second kappa shape index (κ2) is 11.1. The molecular formula is C22H21FN4O4S. The number of allylic oxidation sites excluding steroid dienone is 1. The maximum Gasteiger partial charge on any atom is 0.337 e. The van der Waals surface area contributed by atoms with Gasteiger partial charge in [0.15, 0.2) is 22.5 Å². The van der Waals surface area contributed by atoms with E-state index in [1.54, 1.807) is 41.0 Å². The summed E-state index contributed by atoms with van der Waals surface area (Å²) >= 11 is 1.18. The van der Waals surface area contributed by atoms with Crippen molar-refractivity contribution < 1.29 is 23.5 Å². The molecule has 3 aromatic rings. The summed E-state index contributed by atoms with van der Waals surface area (Å²) in [6, 6.07) is 12.5. The Hall–Kier alpha value is -3.66. The molecule has 2 aromatic carbocycles. The van der Waals surface area contributed by atoms with Crippen LogP contribution in [0.25, 0.3) is 0 Å². The largest absolute Gasteiger partial charge is 0.483 e. The van der Waals surface area contributed by atoms with Crippen LogP contribution in [0.3, 0.4) is 0 Å². The zero-order chi connectivity index (χ0) is 22.9. The Morgan fingerprint density at radius 1 is 1.22 bits per heavy atom. The third-order valence-electron chi connectivity index (χ3n) is 4.20. The van der Waals surface area contributed by atoms with E-state index in [0.717, 1.165) is 0 Å². The minimum atomic E-state index is -0.488. The molecule has 0 atom stereocenters. The monoisotopic (exact) mass is 456 g/mol. The van der Waals surface area contributed by atoms with Gasteiger partial charge in [-0.1, -0.05) is 36.0 Å². The molecule has 1 N–H and O–H groups in total. The second-order valence-corrected chi connectivity index (χ2v) is 7.37. The van der Waals surface area contributed by atoms with Crippen molar-refractivity contribution in [2.75, 3.05) is 18.2 Å². The van der Waals surface area contributed by atoms with E-state index in [2.05, 4.69) is 26.8 Å². The Labute approximate surface area is 188 Å². The zero-order valence-corrected chi connectivity index (χ0v) is 18.1. The molecule has 0 aliphatic rings. The number of hydrogen-bond donors (Lipinski definition) is 1. The van der Waals surface area contributed by atoms with Crippen LogP contribution in [0.1, 0.15) is 16.2 Å². The van der Waals surface area contributed by atoms with Gasteiger partial charge in [0.1, 0.15) is 6.61 Å². The number of ether oxygens (including phenoxy) is 2. The molecule has 0 saturated heterocycles. The van der Waals surface area contributed by atoms with Crippen molar-refractivity contribution >= 4 is 29.3 Å². The standard InChI is InChI=1S/C22H21FN4O4S/c1-3-11-27-19(13-31-18-10-5-4-9-17(18)23)25-26-22(27)32-14-20(28)24-16-8-6-7-15(12-16)21(29)30-2/h3-10,12H,1,11,13-14H2,2H3,(H,24,28). The third-order valence-corrected chi connectivity index (χ3v) is 5.17. The third kappa shape index (κ3) is 5.94. The Balaban J connectivity index is 1.62. The van der Waals surface area contributed by atoms with Gasteiger partial charge in [-0.3, -0.25) is 9.36 Å². The number of methoxy groups -OCH3 is 1. The summed E-state index contributed by atoms with van der Waals surface area (Å²) in [7, 11) is 1.29. The van der Waals surface area contributed by atoms with Crippen LogP contribution in [-0.4, -0.2) is 39.5 Å². The summed E-state index contributed by atoms with van der Waals surface area (Å²) in [5, 5.41) is 11.4. The molecule has 166 valence electrons. The van der Waals surface area contributed by atoms with E-state index in [4.69, 9.17) is 4.74 Å². The smallest absolute Gasteiger partial charge is 0.337 e. The zero-order valence-electron chi connectivity index (χ0n) is 17.3. The number of para-hydroxylation sites is 1. The Morgan fingerprint density at radius 2 is 2.03 bits per heavy atom. The lowest BCUT2D eigenvalue weighted by molar-refractivity contribution is -0.113. The van der Waals surface area contributed by atoms with Gasteiger partial charge in [0.25, 0.3) is 0 Å². The number of carbonyl (C=O) groups excluding carboxylic acids is 2. The first kappa shape index (κ1) is 23.0. The van der Waals surface area contributed by atoms with Crippen LogP contribution in [0.5, 0.6) is 5.75 Å². The quantitative estimate of drug-likeness (QED) is 0.282. The first-order valence-electron chi connectivity index (χ1n) is 9.53. The fraction of sp³-hybridized carbons (Fsp3) is 0.182. The molecule has 3 rings (SSSR count). The molecule has 0 bridgehead atoms. The lowest BCUT2D eigenvalue weighted by Crippen LogP contribution is -2.15. The van der Waals surface area contributed by atoms with E-state index in [1.165, 1.54) is 37.1 Å². The molecule has 0 radical (unpaired) electrons. The van der Waals surface area contributed by atoms with E-state index in [0.29, 0.717) is 28.8 Å². The summed E-state index contributed by atoms with van der Waals surface area (Å²) < 4.78 is 25.7. The highest BCUT2D eigenvalue weighted by atomic mass is 32.2. The molecular weight excluding hydrogens is 435 g/mol. The molecule has 0 spiro atoms. The molecule has 32 heavy (non-hydrogen) atoms. The minimum absolute atomic E-state index is 0.00878.